The van der Waals surface area contributed by atoms with Gasteiger partial charge in [0.1, 0.15) is 6.54 Å². The highest BCUT2D eigenvalue weighted by atomic mass is 16.5. The molecule has 1 aromatic carbocycles. The van der Waals surface area contributed by atoms with Crippen molar-refractivity contribution in [3.63, 3.8) is 0 Å². The summed E-state index contributed by atoms with van der Waals surface area (Å²) in [6.45, 7) is 11.6. The summed E-state index contributed by atoms with van der Waals surface area (Å²) in [5.74, 6) is -0.945. The van der Waals surface area contributed by atoms with Crippen molar-refractivity contribution in [2.45, 2.75) is 59.9 Å². The lowest BCUT2D eigenvalue weighted by Crippen LogP contribution is -2.46. The van der Waals surface area contributed by atoms with Crippen molar-refractivity contribution in [2.24, 2.45) is 5.92 Å². The number of esters is 1. The predicted octanol–water partition coefficient (Wildman–Crippen LogP) is 3.31. The number of hydrogen-bond acceptors (Lipinski definition) is 4. The minimum absolute atomic E-state index is 0.00347. The van der Waals surface area contributed by atoms with E-state index in [1.807, 2.05) is 52.0 Å². The molecule has 6 heteroatoms. The summed E-state index contributed by atoms with van der Waals surface area (Å²) in [6, 6.07) is 7.79. The normalized spacial score (nSPS) is 18.1. The van der Waals surface area contributed by atoms with Gasteiger partial charge in [0, 0.05) is 24.1 Å². The van der Waals surface area contributed by atoms with Crippen LogP contribution in [0.4, 0.5) is 0 Å². The molecule has 0 aromatic heterocycles. The van der Waals surface area contributed by atoms with Gasteiger partial charge in [0.15, 0.2) is 0 Å². The van der Waals surface area contributed by atoms with E-state index in [0.29, 0.717) is 11.3 Å². The van der Waals surface area contributed by atoms with E-state index in [0.717, 1.165) is 11.1 Å². The van der Waals surface area contributed by atoms with Crippen LogP contribution in [-0.4, -0.2) is 41.9 Å². The second-order valence-electron chi connectivity index (χ2n) is 7.97. The number of hydrogen-bond donors (Lipinski definition) is 1. The maximum atomic E-state index is 12.9. The molecule has 1 N–H and O–H groups in total. The minimum Gasteiger partial charge on any atom is -0.463 e. The Balaban J connectivity index is 2.38. The lowest BCUT2D eigenvalue weighted by molar-refractivity contribution is -0.141. The molecule has 0 saturated heterocycles. The smallest absolute Gasteiger partial charge is 0.336 e. The number of ether oxygens (including phenoxy) is 1. The van der Waals surface area contributed by atoms with Gasteiger partial charge in [-0.3, -0.25) is 9.59 Å². The Labute approximate surface area is 173 Å². The highest BCUT2D eigenvalue weighted by Crippen LogP contribution is 2.37. The van der Waals surface area contributed by atoms with E-state index < -0.39 is 5.97 Å². The first-order chi connectivity index (χ1) is 13.6. The van der Waals surface area contributed by atoms with E-state index in [1.165, 1.54) is 4.90 Å². The third-order valence-electron chi connectivity index (χ3n) is 5.45. The summed E-state index contributed by atoms with van der Waals surface area (Å²) in [7, 11) is 0. The van der Waals surface area contributed by atoms with Gasteiger partial charge < -0.3 is 15.0 Å². The number of allylic oxidation sites excluding steroid dienone is 1. The number of aryl methyl sites for hydroxylation is 1. The first kappa shape index (κ1) is 22.7. The Morgan fingerprint density at radius 1 is 1.24 bits per heavy atom. The van der Waals surface area contributed by atoms with Crippen LogP contribution in [0.1, 0.15) is 58.1 Å². The van der Waals surface area contributed by atoms with E-state index in [1.54, 1.807) is 13.8 Å². The number of benzene rings is 1. The molecule has 1 aliphatic heterocycles. The summed E-state index contributed by atoms with van der Waals surface area (Å²) < 4.78 is 5.28. The number of carbonyl (C=O) groups excluding carboxylic acids is 3. The summed E-state index contributed by atoms with van der Waals surface area (Å²) in [4.78, 5) is 39.6. The number of rotatable bonds is 7. The number of nitrogens with zero attached hydrogens (tertiary/aromatic N) is 1. The zero-order chi connectivity index (χ0) is 21.7. The summed E-state index contributed by atoms with van der Waals surface area (Å²) >= 11 is 0. The third-order valence-corrected chi connectivity index (χ3v) is 5.45. The third kappa shape index (κ3) is 5.46. The maximum absolute atomic E-state index is 12.9. The predicted molar refractivity (Wildman–Crippen MR) is 112 cm³/mol. The molecule has 0 aliphatic carbocycles. The van der Waals surface area contributed by atoms with Crippen LogP contribution >= 0.6 is 0 Å². The summed E-state index contributed by atoms with van der Waals surface area (Å²) in [5, 5.41) is 2.92. The van der Waals surface area contributed by atoms with Crippen LogP contribution in [-0.2, 0) is 19.1 Å². The molecular weight excluding hydrogens is 368 g/mol. The van der Waals surface area contributed by atoms with Gasteiger partial charge in [-0.25, -0.2) is 4.79 Å². The van der Waals surface area contributed by atoms with Crippen LogP contribution in [0, 0.1) is 12.8 Å². The molecule has 1 heterocycles. The monoisotopic (exact) mass is 400 g/mol. The highest BCUT2D eigenvalue weighted by molar-refractivity contribution is 5.97. The van der Waals surface area contributed by atoms with Crippen molar-refractivity contribution in [1.82, 2.24) is 10.2 Å². The van der Waals surface area contributed by atoms with Gasteiger partial charge in [-0.05, 0) is 39.2 Å². The Morgan fingerprint density at radius 2 is 1.93 bits per heavy atom. The minimum atomic E-state index is -0.440. The zero-order valence-corrected chi connectivity index (χ0v) is 18.2. The van der Waals surface area contributed by atoms with E-state index in [9.17, 15) is 14.4 Å². The van der Waals surface area contributed by atoms with Crippen molar-refractivity contribution in [2.75, 3.05) is 13.2 Å². The summed E-state index contributed by atoms with van der Waals surface area (Å²) in [6.07, 6.45) is 0.127. The number of amides is 2. The average molecular weight is 401 g/mol. The van der Waals surface area contributed by atoms with E-state index in [4.69, 9.17) is 4.74 Å². The molecule has 0 radical (unpaired) electrons. The molecule has 29 heavy (non-hydrogen) atoms. The average Bonchev–Trinajstić information content (AvgIpc) is 2.64. The molecule has 6 nitrogen and oxygen atoms in total. The molecule has 1 aromatic rings. The molecular formula is C23H32N2O4. The number of nitrogens with one attached hydrogen (secondary N) is 1. The van der Waals surface area contributed by atoms with Crippen LogP contribution in [0.25, 0.3) is 0 Å². The van der Waals surface area contributed by atoms with Crippen molar-refractivity contribution in [3.8, 4) is 0 Å². The first-order valence-corrected chi connectivity index (χ1v) is 10.2. The Kier molecular flexibility index (Phi) is 7.59. The highest BCUT2D eigenvalue weighted by Gasteiger charge is 2.37. The standard InChI is InChI=1S/C23H32N2O4/c1-7-29-23(28)22-17(6)25(13-20(26)24-16(5)14(2)3)21(27)12-19(22)18-10-8-9-15(4)11-18/h8-11,14,16,19H,7,12-13H2,1-6H3,(H,24,26)/t16-,19+/m0/s1. The molecule has 2 rings (SSSR count). The fourth-order valence-corrected chi connectivity index (χ4v) is 3.46. The Hall–Kier alpha value is -2.63. The molecule has 0 fully saturated rings. The fourth-order valence-electron chi connectivity index (χ4n) is 3.46. The van der Waals surface area contributed by atoms with Crippen molar-refractivity contribution in [3.05, 3.63) is 46.7 Å². The molecule has 0 bridgehead atoms. The van der Waals surface area contributed by atoms with Gasteiger partial charge in [0.2, 0.25) is 11.8 Å². The van der Waals surface area contributed by atoms with E-state index in [2.05, 4.69) is 5.32 Å². The largest absolute Gasteiger partial charge is 0.463 e. The van der Waals surface area contributed by atoms with Gasteiger partial charge >= 0.3 is 5.97 Å². The second-order valence-corrected chi connectivity index (χ2v) is 7.97. The quantitative estimate of drug-likeness (QED) is 0.713. The van der Waals surface area contributed by atoms with E-state index >= 15 is 0 Å². The molecule has 0 saturated carbocycles. The van der Waals surface area contributed by atoms with Gasteiger partial charge in [-0.1, -0.05) is 43.7 Å². The maximum Gasteiger partial charge on any atom is 0.336 e. The SMILES string of the molecule is CCOC(=O)C1=C(C)N(CC(=O)N[C@@H](C)C(C)C)C(=O)C[C@@H]1c1cccc(C)c1. The fraction of sp³-hybridized carbons (Fsp3) is 0.522. The lowest BCUT2D eigenvalue weighted by atomic mass is 9.83. The lowest BCUT2D eigenvalue weighted by Gasteiger charge is -2.34. The van der Waals surface area contributed by atoms with E-state index in [-0.39, 0.29) is 49.3 Å². The van der Waals surface area contributed by atoms with Crippen molar-refractivity contribution < 1.29 is 19.1 Å². The molecule has 1 aliphatic rings. The second kappa shape index (κ2) is 9.72. The number of carbonyl (C=O) groups is 3. The molecule has 158 valence electrons. The first-order valence-electron chi connectivity index (χ1n) is 10.2. The van der Waals surface area contributed by atoms with Gasteiger partial charge in [0.05, 0.1) is 12.2 Å². The van der Waals surface area contributed by atoms with Gasteiger partial charge in [-0.15, -0.1) is 0 Å². The molecule has 2 amide bonds. The summed E-state index contributed by atoms with van der Waals surface area (Å²) in [5.41, 5.74) is 2.89. The van der Waals surface area contributed by atoms with Crippen LogP contribution in [0.3, 0.4) is 0 Å². The topological polar surface area (TPSA) is 75.7 Å². The van der Waals surface area contributed by atoms with Crippen LogP contribution in [0.15, 0.2) is 35.5 Å². The molecule has 0 spiro atoms. The molecule has 0 unspecified atom stereocenters. The zero-order valence-electron chi connectivity index (χ0n) is 18.2. The van der Waals surface area contributed by atoms with Gasteiger partial charge in [0.25, 0.3) is 0 Å². The Bertz CT molecular complexity index is 813. The van der Waals surface area contributed by atoms with Crippen LogP contribution < -0.4 is 5.32 Å². The van der Waals surface area contributed by atoms with Crippen molar-refractivity contribution >= 4 is 17.8 Å². The Morgan fingerprint density at radius 3 is 2.52 bits per heavy atom. The van der Waals surface area contributed by atoms with Crippen LogP contribution in [0.2, 0.25) is 0 Å². The van der Waals surface area contributed by atoms with Gasteiger partial charge in [-0.2, -0.15) is 0 Å². The molecule has 2 atom stereocenters. The van der Waals surface area contributed by atoms with Crippen LogP contribution in [0.5, 0.6) is 0 Å². The van der Waals surface area contributed by atoms with Crippen molar-refractivity contribution in [1.29, 1.82) is 0 Å².